The van der Waals surface area contributed by atoms with E-state index in [4.69, 9.17) is 0 Å². The van der Waals surface area contributed by atoms with Crippen LogP contribution >= 0.6 is 0 Å². The molecule has 178 valence electrons. The zero-order chi connectivity index (χ0) is 24.1. The van der Waals surface area contributed by atoms with E-state index in [-0.39, 0.29) is 16.7 Å². The third kappa shape index (κ3) is 5.55. The highest BCUT2D eigenvalue weighted by atomic mass is 32.2. The van der Waals surface area contributed by atoms with Crippen LogP contribution in [0.15, 0.2) is 83.8 Å². The summed E-state index contributed by atoms with van der Waals surface area (Å²) in [4.78, 5) is 15.3. The Hall–Kier alpha value is -3.00. The summed E-state index contributed by atoms with van der Waals surface area (Å²) in [5, 5.41) is 2.94. The van der Waals surface area contributed by atoms with E-state index >= 15 is 0 Å². The lowest BCUT2D eigenvalue weighted by molar-refractivity contribution is 0.102. The van der Waals surface area contributed by atoms with Crippen LogP contribution in [0.5, 0.6) is 0 Å². The maximum Gasteiger partial charge on any atom is 0.255 e. The van der Waals surface area contributed by atoms with Crippen LogP contribution in [0.1, 0.15) is 41.3 Å². The fraction of sp³-hybridized carbons (Fsp3) is 0.296. The number of carbonyl (C=O) groups excluding carboxylic acids is 1. The van der Waals surface area contributed by atoms with Gasteiger partial charge in [-0.25, -0.2) is 8.42 Å². The van der Waals surface area contributed by atoms with Crippen molar-refractivity contribution in [2.45, 2.75) is 31.2 Å². The van der Waals surface area contributed by atoms with Gasteiger partial charge in [-0.2, -0.15) is 4.31 Å². The minimum absolute atomic E-state index is 0.147. The van der Waals surface area contributed by atoms with Crippen LogP contribution in [0, 0.1) is 0 Å². The van der Waals surface area contributed by atoms with Gasteiger partial charge in [-0.1, -0.05) is 68.4 Å². The van der Waals surface area contributed by atoms with Crippen LogP contribution in [0.2, 0.25) is 0 Å². The Morgan fingerprint density at radius 1 is 0.882 bits per heavy atom. The first-order valence-electron chi connectivity index (χ1n) is 11.6. The van der Waals surface area contributed by atoms with Gasteiger partial charge >= 0.3 is 0 Å². The van der Waals surface area contributed by atoms with Gasteiger partial charge < -0.3 is 5.32 Å². The van der Waals surface area contributed by atoms with Crippen molar-refractivity contribution in [3.05, 3.63) is 95.6 Å². The summed E-state index contributed by atoms with van der Waals surface area (Å²) in [6.07, 6.45) is 0. The molecule has 3 aromatic rings. The monoisotopic (exact) mass is 477 g/mol. The molecule has 0 aliphatic carbocycles. The summed E-state index contributed by atoms with van der Waals surface area (Å²) < 4.78 is 28.1. The van der Waals surface area contributed by atoms with Gasteiger partial charge in [0.05, 0.1) is 4.90 Å². The van der Waals surface area contributed by atoms with Gasteiger partial charge in [0.15, 0.2) is 0 Å². The second-order valence-corrected chi connectivity index (χ2v) is 10.8. The fourth-order valence-electron chi connectivity index (χ4n) is 4.23. The van der Waals surface area contributed by atoms with Crippen molar-refractivity contribution in [3.8, 4) is 0 Å². The van der Waals surface area contributed by atoms with Crippen LogP contribution < -0.4 is 5.32 Å². The summed E-state index contributed by atoms with van der Waals surface area (Å²) in [5.74, 6) is -0.0680. The number of nitrogens with zero attached hydrogens (tertiary/aromatic N) is 2. The minimum atomic E-state index is -3.68. The Balaban J connectivity index is 1.44. The van der Waals surface area contributed by atoms with Crippen molar-refractivity contribution in [2.75, 3.05) is 31.5 Å². The molecule has 1 aliphatic heterocycles. The van der Waals surface area contributed by atoms with Gasteiger partial charge in [0.2, 0.25) is 10.0 Å². The first-order valence-corrected chi connectivity index (χ1v) is 13.1. The van der Waals surface area contributed by atoms with Gasteiger partial charge in [-0.15, -0.1) is 0 Å². The molecule has 7 heteroatoms. The molecule has 0 saturated carbocycles. The Bertz CT molecular complexity index is 1230. The zero-order valence-corrected chi connectivity index (χ0v) is 20.5. The number of benzene rings is 3. The number of sulfonamides is 1. The fourth-order valence-corrected chi connectivity index (χ4v) is 5.69. The molecule has 0 spiro atoms. The molecule has 1 aliphatic rings. The lowest BCUT2D eigenvalue weighted by Crippen LogP contribution is -2.48. The molecule has 1 saturated heterocycles. The van der Waals surface area contributed by atoms with Crippen LogP contribution in [-0.2, 0) is 16.6 Å². The van der Waals surface area contributed by atoms with Crippen LogP contribution in [0.4, 0.5) is 5.69 Å². The van der Waals surface area contributed by atoms with E-state index in [1.165, 1.54) is 15.9 Å². The Kier molecular flexibility index (Phi) is 7.46. The number of piperazine rings is 1. The summed E-state index contributed by atoms with van der Waals surface area (Å²) in [7, 11) is -3.68. The third-order valence-corrected chi connectivity index (χ3v) is 8.04. The van der Waals surface area contributed by atoms with Crippen molar-refractivity contribution in [1.82, 2.24) is 9.21 Å². The molecule has 0 unspecified atom stereocenters. The number of carbonyl (C=O) groups is 1. The second kappa shape index (κ2) is 10.5. The molecule has 0 atom stereocenters. The average molecular weight is 478 g/mol. The van der Waals surface area contributed by atoms with Crippen molar-refractivity contribution in [2.24, 2.45) is 0 Å². The van der Waals surface area contributed by atoms with E-state index in [2.05, 4.69) is 36.2 Å². The Labute approximate surface area is 202 Å². The highest BCUT2D eigenvalue weighted by Gasteiger charge is 2.29. The molecule has 1 amide bonds. The molecule has 4 rings (SSSR count). The predicted molar refractivity (Wildman–Crippen MR) is 135 cm³/mol. The van der Waals surface area contributed by atoms with E-state index in [9.17, 15) is 13.2 Å². The highest BCUT2D eigenvalue weighted by Crippen LogP contribution is 2.25. The van der Waals surface area contributed by atoms with Crippen molar-refractivity contribution in [1.29, 1.82) is 0 Å². The second-order valence-electron chi connectivity index (χ2n) is 8.89. The molecule has 6 nitrogen and oxygen atoms in total. The van der Waals surface area contributed by atoms with Gasteiger partial charge in [-0.05, 0) is 41.3 Å². The van der Waals surface area contributed by atoms with E-state index in [0.717, 1.165) is 17.8 Å². The molecular weight excluding hydrogens is 446 g/mol. The van der Waals surface area contributed by atoms with Crippen LogP contribution in [0.3, 0.4) is 0 Å². The maximum absolute atomic E-state index is 13.3. The number of hydrogen-bond acceptors (Lipinski definition) is 4. The number of hydrogen-bond donors (Lipinski definition) is 1. The van der Waals surface area contributed by atoms with E-state index < -0.39 is 10.0 Å². The van der Waals surface area contributed by atoms with Gasteiger partial charge in [0, 0.05) is 44.0 Å². The first-order chi connectivity index (χ1) is 16.3. The van der Waals surface area contributed by atoms with Gasteiger partial charge in [0.25, 0.3) is 5.91 Å². The first kappa shape index (κ1) is 24.1. The molecule has 3 aromatic carbocycles. The standard InChI is InChI=1S/C27H31N3O3S/c1-21(2)25-13-6-7-14-26(25)28-27(31)23-11-8-12-24(19-23)34(32,33)30-17-15-29(16-18-30)20-22-9-4-3-5-10-22/h3-14,19,21H,15-18,20H2,1-2H3,(H,28,31). The average Bonchev–Trinajstić information content (AvgIpc) is 2.85. The number of amides is 1. The maximum atomic E-state index is 13.3. The van der Waals surface area contributed by atoms with E-state index in [1.807, 2.05) is 42.5 Å². The third-order valence-electron chi connectivity index (χ3n) is 6.15. The Morgan fingerprint density at radius 3 is 2.26 bits per heavy atom. The lowest BCUT2D eigenvalue weighted by atomic mass is 10.0. The van der Waals surface area contributed by atoms with Gasteiger partial charge in [0.1, 0.15) is 0 Å². The number of nitrogens with one attached hydrogen (secondary N) is 1. The van der Waals surface area contributed by atoms with Crippen LogP contribution in [-0.4, -0.2) is 49.7 Å². The van der Waals surface area contributed by atoms with Crippen LogP contribution in [0.25, 0.3) is 0 Å². The molecule has 34 heavy (non-hydrogen) atoms. The van der Waals surface area contributed by atoms with Crippen molar-refractivity contribution >= 4 is 21.6 Å². The smallest absolute Gasteiger partial charge is 0.255 e. The normalized spacial score (nSPS) is 15.4. The van der Waals surface area contributed by atoms with Crippen molar-refractivity contribution in [3.63, 3.8) is 0 Å². The molecule has 0 radical (unpaired) electrons. The lowest BCUT2D eigenvalue weighted by Gasteiger charge is -2.34. The summed E-state index contributed by atoms with van der Waals surface area (Å²) >= 11 is 0. The van der Waals surface area contributed by atoms with Gasteiger partial charge in [-0.3, -0.25) is 9.69 Å². The molecular formula is C27H31N3O3S. The Morgan fingerprint density at radius 2 is 1.56 bits per heavy atom. The molecule has 0 bridgehead atoms. The summed E-state index contributed by atoms with van der Waals surface area (Å²) in [5.41, 5.74) is 3.32. The number of rotatable bonds is 7. The topological polar surface area (TPSA) is 69.7 Å². The van der Waals surface area contributed by atoms with E-state index in [1.54, 1.807) is 18.2 Å². The number of para-hydroxylation sites is 1. The summed E-state index contributed by atoms with van der Waals surface area (Å²) in [6.45, 7) is 7.12. The SMILES string of the molecule is CC(C)c1ccccc1NC(=O)c1cccc(S(=O)(=O)N2CCN(Cc3ccccc3)CC2)c1. The molecule has 1 heterocycles. The van der Waals surface area contributed by atoms with Crippen molar-refractivity contribution < 1.29 is 13.2 Å². The molecule has 1 fully saturated rings. The number of anilines is 1. The highest BCUT2D eigenvalue weighted by molar-refractivity contribution is 7.89. The van der Waals surface area contributed by atoms with E-state index in [0.29, 0.717) is 31.7 Å². The molecule has 1 N–H and O–H groups in total. The predicted octanol–water partition coefficient (Wildman–Crippen LogP) is 4.57. The molecule has 0 aromatic heterocycles. The summed E-state index contributed by atoms with van der Waals surface area (Å²) in [6, 6.07) is 24.2. The zero-order valence-electron chi connectivity index (χ0n) is 19.6. The largest absolute Gasteiger partial charge is 0.322 e. The minimum Gasteiger partial charge on any atom is -0.322 e. The quantitative estimate of drug-likeness (QED) is 0.541.